The highest BCUT2D eigenvalue weighted by Crippen LogP contribution is 2.25. The molecule has 0 fully saturated rings. The molecule has 100 valence electrons. The average molecular weight is 253 g/mol. The van der Waals surface area contributed by atoms with Gasteiger partial charge in [-0.25, -0.2) is 0 Å². The van der Waals surface area contributed by atoms with Gasteiger partial charge < -0.3 is 19.9 Å². The number of amides is 1. The normalized spacial score (nSPS) is 9.94. The van der Waals surface area contributed by atoms with Crippen LogP contribution in [0.3, 0.4) is 0 Å². The minimum Gasteiger partial charge on any atom is -0.497 e. The van der Waals surface area contributed by atoms with Gasteiger partial charge in [-0.1, -0.05) is 0 Å². The summed E-state index contributed by atoms with van der Waals surface area (Å²) in [7, 11) is 3.11. The number of hydrogen-bond donors (Lipinski definition) is 2. The molecule has 1 aromatic rings. The zero-order valence-electron chi connectivity index (χ0n) is 10.7. The quantitative estimate of drug-likeness (QED) is 0.727. The molecule has 0 saturated heterocycles. The molecule has 0 unspecified atom stereocenters. The molecule has 1 amide bonds. The molecule has 0 heterocycles. The van der Waals surface area contributed by atoms with Crippen LogP contribution in [-0.2, 0) is 4.79 Å². The summed E-state index contributed by atoms with van der Waals surface area (Å²) in [5, 5.41) is 11.4. The minimum absolute atomic E-state index is 0.0845. The van der Waals surface area contributed by atoms with E-state index in [-0.39, 0.29) is 12.5 Å². The van der Waals surface area contributed by atoms with E-state index < -0.39 is 0 Å². The molecular formula is C13H19NO4. The van der Waals surface area contributed by atoms with Crippen molar-refractivity contribution in [2.24, 2.45) is 0 Å². The van der Waals surface area contributed by atoms with Crippen molar-refractivity contribution in [2.75, 3.05) is 26.1 Å². The number of aliphatic hydroxyl groups excluding tert-OH is 1. The van der Waals surface area contributed by atoms with Gasteiger partial charge in [-0.2, -0.15) is 0 Å². The Bertz CT molecular complexity index is 370. The van der Waals surface area contributed by atoms with Crippen molar-refractivity contribution in [2.45, 2.75) is 19.3 Å². The van der Waals surface area contributed by atoms with E-state index in [1.807, 2.05) is 0 Å². The number of hydrogen-bond acceptors (Lipinski definition) is 4. The second kappa shape index (κ2) is 7.55. The fraction of sp³-hybridized carbons (Fsp3) is 0.462. The highest BCUT2D eigenvalue weighted by molar-refractivity contribution is 5.91. The maximum atomic E-state index is 11.6. The summed E-state index contributed by atoms with van der Waals surface area (Å²) >= 11 is 0. The van der Waals surface area contributed by atoms with Gasteiger partial charge in [0, 0.05) is 36.9 Å². The molecule has 0 atom stereocenters. The smallest absolute Gasteiger partial charge is 0.224 e. The molecule has 0 aliphatic heterocycles. The van der Waals surface area contributed by atoms with E-state index in [2.05, 4.69) is 5.32 Å². The van der Waals surface area contributed by atoms with Gasteiger partial charge in [0.1, 0.15) is 11.5 Å². The van der Waals surface area contributed by atoms with Crippen LogP contribution < -0.4 is 14.8 Å². The maximum absolute atomic E-state index is 11.6. The zero-order chi connectivity index (χ0) is 13.4. The second-order valence-corrected chi connectivity index (χ2v) is 3.83. The van der Waals surface area contributed by atoms with Crippen molar-refractivity contribution in [1.29, 1.82) is 0 Å². The van der Waals surface area contributed by atoms with Crippen molar-refractivity contribution in [3.8, 4) is 11.5 Å². The van der Waals surface area contributed by atoms with Crippen molar-refractivity contribution < 1.29 is 19.4 Å². The van der Waals surface area contributed by atoms with Crippen molar-refractivity contribution in [3.63, 3.8) is 0 Å². The number of methoxy groups -OCH3 is 2. The third-order valence-corrected chi connectivity index (χ3v) is 2.45. The highest BCUT2D eigenvalue weighted by atomic mass is 16.5. The summed E-state index contributed by atoms with van der Waals surface area (Å²) in [6, 6.07) is 5.19. The van der Waals surface area contributed by atoms with Crippen LogP contribution in [0.2, 0.25) is 0 Å². The lowest BCUT2D eigenvalue weighted by Gasteiger charge is -2.09. The van der Waals surface area contributed by atoms with Crippen molar-refractivity contribution >= 4 is 11.6 Å². The van der Waals surface area contributed by atoms with Gasteiger partial charge in [-0.05, 0) is 12.8 Å². The molecule has 18 heavy (non-hydrogen) atoms. The van der Waals surface area contributed by atoms with E-state index in [1.54, 1.807) is 32.4 Å². The van der Waals surface area contributed by atoms with Crippen LogP contribution >= 0.6 is 0 Å². The molecule has 0 spiro atoms. The van der Waals surface area contributed by atoms with Crippen LogP contribution in [0.5, 0.6) is 11.5 Å². The lowest BCUT2D eigenvalue weighted by molar-refractivity contribution is -0.116. The molecule has 1 aromatic carbocycles. The number of carbonyl (C=O) groups is 1. The summed E-state index contributed by atoms with van der Waals surface area (Å²) in [6.07, 6.45) is 1.69. The van der Waals surface area contributed by atoms with Crippen LogP contribution in [0.15, 0.2) is 18.2 Å². The van der Waals surface area contributed by atoms with Crippen LogP contribution in [0.1, 0.15) is 19.3 Å². The molecule has 0 radical (unpaired) electrons. The fourth-order valence-electron chi connectivity index (χ4n) is 1.50. The van der Waals surface area contributed by atoms with Crippen LogP contribution in [-0.4, -0.2) is 31.8 Å². The van der Waals surface area contributed by atoms with Gasteiger partial charge in [0.25, 0.3) is 0 Å². The molecule has 1 rings (SSSR count). The minimum atomic E-state index is -0.0845. The lowest BCUT2D eigenvalue weighted by atomic mass is 10.2. The van der Waals surface area contributed by atoms with Gasteiger partial charge >= 0.3 is 0 Å². The predicted octanol–water partition coefficient (Wildman–Crippen LogP) is 1.80. The van der Waals surface area contributed by atoms with Gasteiger partial charge in [-0.3, -0.25) is 4.79 Å². The zero-order valence-corrected chi connectivity index (χ0v) is 10.7. The summed E-state index contributed by atoms with van der Waals surface area (Å²) in [6.45, 7) is 0.111. The Labute approximate surface area is 107 Å². The molecule has 0 aliphatic carbocycles. The number of anilines is 1. The number of nitrogens with one attached hydrogen (secondary N) is 1. The summed E-state index contributed by atoms with van der Waals surface area (Å²) in [5.41, 5.74) is 0.639. The molecular weight excluding hydrogens is 234 g/mol. The standard InChI is InChI=1S/C13H19NO4/c1-17-11-7-10(8-12(9-11)18-2)14-13(16)5-3-4-6-15/h7-9,15H,3-6H2,1-2H3,(H,14,16). The Hall–Kier alpha value is -1.75. The highest BCUT2D eigenvalue weighted by Gasteiger charge is 2.05. The van der Waals surface area contributed by atoms with E-state index in [0.717, 1.165) is 0 Å². The molecule has 5 heteroatoms. The summed E-state index contributed by atoms with van der Waals surface area (Å²) < 4.78 is 10.2. The Morgan fingerprint density at radius 2 is 1.78 bits per heavy atom. The Balaban J connectivity index is 2.62. The number of ether oxygens (including phenoxy) is 2. The molecule has 0 aromatic heterocycles. The maximum Gasteiger partial charge on any atom is 0.224 e. The average Bonchev–Trinajstić information content (AvgIpc) is 2.38. The molecule has 2 N–H and O–H groups in total. The second-order valence-electron chi connectivity index (χ2n) is 3.83. The van der Waals surface area contributed by atoms with Crippen LogP contribution in [0.4, 0.5) is 5.69 Å². The first-order valence-corrected chi connectivity index (χ1v) is 5.83. The first kappa shape index (κ1) is 14.3. The molecule has 0 bridgehead atoms. The first-order valence-electron chi connectivity index (χ1n) is 5.83. The van der Waals surface area contributed by atoms with E-state index in [0.29, 0.717) is 36.4 Å². The number of benzene rings is 1. The Morgan fingerprint density at radius 1 is 1.17 bits per heavy atom. The molecule has 5 nitrogen and oxygen atoms in total. The van der Waals surface area contributed by atoms with Gasteiger partial charge in [0.2, 0.25) is 5.91 Å². The van der Waals surface area contributed by atoms with Crippen LogP contribution in [0.25, 0.3) is 0 Å². The Kier molecular flexibility index (Phi) is 6.00. The van der Waals surface area contributed by atoms with Gasteiger partial charge in [0.05, 0.1) is 14.2 Å². The fourth-order valence-corrected chi connectivity index (χ4v) is 1.50. The monoisotopic (exact) mass is 253 g/mol. The number of unbranched alkanes of at least 4 members (excludes halogenated alkanes) is 1. The number of rotatable bonds is 7. The first-order chi connectivity index (χ1) is 8.69. The van der Waals surface area contributed by atoms with E-state index in [4.69, 9.17) is 14.6 Å². The number of aliphatic hydroxyl groups is 1. The van der Waals surface area contributed by atoms with Gasteiger partial charge in [0.15, 0.2) is 0 Å². The predicted molar refractivity (Wildman–Crippen MR) is 69.1 cm³/mol. The van der Waals surface area contributed by atoms with Crippen molar-refractivity contribution in [1.82, 2.24) is 0 Å². The summed E-state index contributed by atoms with van der Waals surface area (Å²) in [5.74, 6) is 1.17. The SMILES string of the molecule is COc1cc(NC(=O)CCCCO)cc(OC)c1. The lowest BCUT2D eigenvalue weighted by Crippen LogP contribution is -2.11. The molecule has 0 saturated carbocycles. The number of carbonyl (C=O) groups excluding carboxylic acids is 1. The van der Waals surface area contributed by atoms with Crippen molar-refractivity contribution in [3.05, 3.63) is 18.2 Å². The van der Waals surface area contributed by atoms with Gasteiger partial charge in [-0.15, -0.1) is 0 Å². The van der Waals surface area contributed by atoms with E-state index >= 15 is 0 Å². The molecule has 0 aliphatic rings. The third-order valence-electron chi connectivity index (χ3n) is 2.45. The van der Waals surface area contributed by atoms with Crippen LogP contribution in [0, 0.1) is 0 Å². The topological polar surface area (TPSA) is 67.8 Å². The summed E-state index contributed by atoms with van der Waals surface area (Å²) in [4.78, 5) is 11.6. The van der Waals surface area contributed by atoms with E-state index in [1.165, 1.54) is 0 Å². The Morgan fingerprint density at radius 3 is 2.28 bits per heavy atom. The third kappa shape index (κ3) is 4.63. The van der Waals surface area contributed by atoms with E-state index in [9.17, 15) is 4.79 Å². The largest absolute Gasteiger partial charge is 0.497 e.